The lowest BCUT2D eigenvalue weighted by atomic mass is 10.2. The summed E-state index contributed by atoms with van der Waals surface area (Å²) in [6.45, 7) is 1.61. The fourth-order valence-electron chi connectivity index (χ4n) is 3.50. The minimum absolute atomic E-state index is 0.186. The highest BCUT2D eigenvalue weighted by atomic mass is 32.1. The molecule has 2 aromatic heterocycles. The summed E-state index contributed by atoms with van der Waals surface area (Å²) in [5.41, 5.74) is 1.74. The standard InChI is InChI=1S/C22H23N3O3S/c1-15(21(26)23-16-8-5-6-9-16)28-22(27)18-14-25(17-10-3-2-4-11-17)24-20(18)19-12-7-13-29-19/h2-4,7,10-16H,5-6,8-9H2,1H3,(H,23,26)/t15-/m1/s1. The highest BCUT2D eigenvalue weighted by Gasteiger charge is 2.26. The minimum Gasteiger partial charge on any atom is -0.449 e. The molecule has 1 amide bonds. The van der Waals surface area contributed by atoms with Crippen molar-refractivity contribution in [3.63, 3.8) is 0 Å². The predicted octanol–water partition coefficient (Wildman–Crippen LogP) is 4.20. The monoisotopic (exact) mass is 409 g/mol. The zero-order valence-corrected chi connectivity index (χ0v) is 17.0. The molecule has 4 rings (SSSR count). The van der Waals surface area contributed by atoms with Gasteiger partial charge in [0.25, 0.3) is 5.91 Å². The van der Waals surface area contributed by atoms with E-state index in [1.54, 1.807) is 17.8 Å². The number of esters is 1. The molecule has 1 N–H and O–H groups in total. The number of nitrogens with zero attached hydrogens (tertiary/aromatic N) is 2. The van der Waals surface area contributed by atoms with Crippen LogP contribution in [0.4, 0.5) is 0 Å². The van der Waals surface area contributed by atoms with Crippen LogP contribution in [-0.2, 0) is 9.53 Å². The lowest BCUT2D eigenvalue weighted by Gasteiger charge is -2.17. The van der Waals surface area contributed by atoms with Crippen LogP contribution in [0.1, 0.15) is 43.0 Å². The average Bonchev–Trinajstić information content (AvgIpc) is 3.49. The van der Waals surface area contributed by atoms with Crippen LogP contribution in [0, 0.1) is 0 Å². The molecule has 0 unspecified atom stereocenters. The number of benzene rings is 1. The van der Waals surface area contributed by atoms with Crippen LogP contribution in [0.3, 0.4) is 0 Å². The molecule has 1 aliphatic rings. The molecular weight excluding hydrogens is 386 g/mol. The van der Waals surface area contributed by atoms with Gasteiger partial charge in [-0.2, -0.15) is 5.10 Å². The van der Waals surface area contributed by atoms with E-state index in [4.69, 9.17) is 4.74 Å². The first-order valence-corrected chi connectivity index (χ1v) is 10.7. The first-order chi connectivity index (χ1) is 14.1. The number of para-hydroxylation sites is 1. The van der Waals surface area contributed by atoms with Crippen LogP contribution < -0.4 is 5.32 Å². The Morgan fingerprint density at radius 1 is 1.17 bits per heavy atom. The summed E-state index contributed by atoms with van der Waals surface area (Å²) in [7, 11) is 0. The number of carbonyl (C=O) groups excluding carboxylic acids is 2. The first kappa shape index (κ1) is 19.4. The van der Waals surface area contributed by atoms with Gasteiger partial charge in [0.05, 0.1) is 10.6 Å². The number of ether oxygens (including phenoxy) is 1. The first-order valence-electron chi connectivity index (χ1n) is 9.82. The number of carbonyl (C=O) groups is 2. The molecule has 2 heterocycles. The Labute approximate surface area is 173 Å². The fraction of sp³-hybridized carbons (Fsp3) is 0.318. The number of hydrogen-bond donors (Lipinski definition) is 1. The van der Waals surface area contributed by atoms with Crippen molar-refractivity contribution in [3.8, 4) is 16.3 Å². The second kappa shape index (κ2) is 8.61. The largest absolute Gasteiger partial charge is 0.449 e. The molecule has 1 fully saturated rings. The van der Waals surface area contributed by atoms with Crippen LogP contribution in [0.15, 0.2) is 54.0 Å². The van der Waals surface area contributed by atoms with Gasteiger partial charge >= 0.3 is 5.97 Å². The smallest absolute Gasteiger partial charge is 0.342 e. The number of hydrogen-bond acceptors (Lipinski definition) is 5. The Bertz CT molecular complexity index is 976. The summed E-state index contributed by atoms with van der Waals surface area (Å²) in [4.78, 5) is 26.2. The van der Waals surface area contributed by atoms with Crippen molar-refractivity contribution in [2.45, 2.75) is 44.8 Å². The van der Waals surface area contributed by atoms with Crippen LogP contribution in [-0.4, -0.2) is 33.8 Å². The van der Waals surface area contributed by atoms with Gasteiger partial charge in [-0.1, -0.05) is 37.1 Å². The van der Waals surface area contributed by atoms with E-state index in [1.807, 2.05) is 47.8 Å². The fourth-order valence-corrected chi connectivity index (χ4v) is 4.22. The number of aromatic nitrogens is 2. The van der Waals surface area contributed by atoms with Gasteiger partial charge in [-0.05, 0) is 43.3 Å². The van der Waals surface area contributed by atoms with E-state index in [-0.39, 0.29) is 11.9 Å². The third-order valence-corrected chi connectivity index (χ3v) is 5.94. The molecule has 0 radical (unpaired) electrons. The third kappa shape index (κ3) is 4.40. The van der Waals surface area contributed by atoms with Gasteiger partial charge in [0.1, 0.15) is 11.3 Å². The second-order valence-corrected chi connectivity index (χ2v) is 8.13. The minimum atomic E-state index is -0.862. The molecule has 7 heteroatoms. The maximum atomic E-state index is 12.9. The van der Waals surface area contributed by atoms with Crippen molar-refractivity contribution in [2.75, 3.05) is 0 Å². The summed E-state index contributed by atoms with van der Waals surface area (Å²) < 4.78 is 7.16. The topological polar surface area (TPSA) is 73.2 Å². The molecule has 1 aliphatic carbocycles. The summed E-state index contributed by atoms with van der Waals surface area (Å²) in [5, 5.41) is 9.51. The van der Waals surface area contributed by atoms with Crippen LogP contribution >= 0.6 is 11.3 Å². The quantitative estimate of drug-likeness (QED) is 0.619. The number of thiophene rings is 1. The van der Waals surface area contributed by atoms with Crippen molar-refractivity contribution in [3.05, 3.63) is 59.6 Å². The van der Waals surface area contributed by atoms with E-state index in [0.29, 0.717) is 11.3 Å². The number of rotatable bonds is 6. The highest BCUT2D eigenvalue weighted by molar-refractivity contribution is 7.13. The van der Waals surface area contributed by atoms with E-state index in [1.165, 1.54) is 11.3 Å². The molecule has 0 bridgehead atoms. The van der Waals surface area contributed by atoms with E-state index in [2.05, 4.69) is 10.4 Å². The highest BCUT2D eigenvalue weighted by Crippen LogP contribution is 2.28. The SMILES string of the molecule is C[C@@H](OC(=O)c1cn(-c2ccccc2)nc1-c1cccs1)C(=O)NC1CCCC1. The predicted molar refractivity (Wildman–Crippen MR) is 112 cm³/mol. The number of nitrogens with one attached hydrogen (secondary N) is 1. The molecule has 6 nitrogen and oxygen atoms in total. The summed E-state index contributed by atoms with van der Waals surface area (Å²) in [6, 6.07) is 13.6. The number of amides is 1. The molecule has 0 aliphatic heterocycles. The Kier molecular flexibility index (Phi) is 5.76. The summed E-state index contributed by atoms with van der Waals surface area (Å²) >= 11 is 1.50. The van der Waals surface area contributed by atoms with E-state index < -0.39 is 12.1 Å². The van der Waals surface area contributed by atoms with Crippen LogP contribution in [0.5, 0.6) is 0 Å². The molecule has 29 heavy (non-hydrogen) atoms. The van der Waals surface area contributed by atoms with Gasteiger partial charge in [-0.25, -0.2) is 9.48 Å². The third-order valence-electron chi connectivity index (χ3n) is 5.06. The van der Waals surface area contributed by atoms with Crippen molar-refractivity contribution in [1.29, 1.82) is 0 Å². The van der Waals surface area contributed by atoms with Crippen molar-refractivity contribution < 1.29 is 14.3 Å². The lowest BCUT2D eigenvalue weighted by Crippen LogP contribution is -2.40. The molecule has 1 saturated carbocycles. The zero-order valence-electron chi connectivity index (χ0n) is 16.2. The van der Waals surface area contributed by atoms with Crippen LogP contribution in [0.2, 0.25) is 0 Å². The van der Waals surface area contributed by atoms with Crippen molar-refractivity contribution in [1.82, 2.24) is 15.1 Å². The molecule has 3 aromatic rings. The molecule has 1 atom stereocenters. The average molecular weight is 410 g/mol. The van der Waals surface area contributed by atoms with Gasteiger partial charge in [0.15, 0.2) is 6.10 Å². The Hall–Kier alpha value is -2.93. The summed E-state index contributed by atoms with van der Waals surface area (Å²) in [6.07, 6.45) is 5.02. The van der Waals surface area contributed by atoms with Crippen LogP contribution in [0.25, 0.3) is 16.3 Å². The Morgan fingerprint density at radius 2 is 1.93 bits per heavy atom. The van der Waals surface area contributed by atoms with E-state index in [0.717, 1.165) is 36.2 Å². The lowest BCUT2D eigenvalue weighted by molar-refractivity contribution is -0.129. The maximum Gasteiger partial charge on any atom is 0.342 e. The van der Waals surface area contributed by atoms with Gasteiger partial charge in [0, 0.05) is 12.2 Å². The normalized spacial score (nSPS) is 15.2. The Balaban J connectivity index is 1.55. The van der Waals surface area contributed by atoms with Gasteiger partial charge < -0.3 is 10.1 Å². The maximum absolute atomic E-state index is 12.9. The summed E-state index contributed by atoms with van der Waals surface area (Å²) in [5.74, 6) is -0.803. The molecule has 1 aromatic carbocycles. The van der Waals surface area contributed by atoms with Crippen molar-refractivity contribution in [2.24, 2.45) is 0 Å². The van der Waals surface area contributed by atoms with Crippen molar-refractivity contribution >= 4 is 23.2 Å². The van der Waals surface area contributed by atoms with Gasteiger partial charge in [-0.3, -0.25) is 4.79 Å². The molecule has 150 valence electrons. The molecule has 0 saturated heterocycles. The van der Waals surface area contributed by atoms with Gasteiger partial charge in [0.2, 0.25) is 0 Å². The zero-order chi connectivity index (χ0) is 20.2. The van der Waals surface area contributed by atoms with E-state index in [9.17, 15) is 9.59 Å². The molecule has 0 spiro atoms. The second-order valence-electron chi connectivity index (χ2n) is 7.19. The Morgan fingerprint density at radius 3 is 2.62 bits per heavy atom. The van der Waals surface area contributed by atoms with E-state index >= 15 is 0 Å². The molecular formula is C22H23N3O3S. The van der Waals surface area contributed by atoms with Gasteiger partial charge in [-0.15, -0.1) is 11.3 Å².